The molecule has 1 N–H and O–H groups in total. The summed E-state index contributed by atoms with van der Waals surface area (Å²) in [5.41, 5.74) is 1.84. The molecule has 0 unspecified atom stereocenters. The van der Waals surface area contributed by atoms with Gasteiger partial charge in [0.05, 0.1) is 25.4 Å². The number of benzene rings is 2. The predicted molar refractivity (Wildman–Crippen MR) is 107 cm³/mol. The Morgan fingerprint density at radius 3 is 2.46 bits per heavy atom. The molecule has 2 saturated heterocycles. The highest BCUT2D eigenvalue weighted by molar-refractivity contribution is 5.93. The maximum Gasteiger partial charge on any atom is 0.238 e. The van der Waals surface area contributed by atoms with E-state index in [0.717, 1.165) is 31.7 Å². The number of nitrogens with one attached hydrogen (secondary N) is 1. The number of likely N-dealkylation sites (tertiary alicyclic amines) is 1. The molecular formula is C22H26N2O4. The van der Waals surface area contributed by atoms with E-state index in [1.54, 1.807) is 0 Å². The lowest BCUT2D eigenvalue weighted by molar-refractivity contribution is -0.185. The molecule has 4 rings (SSSR count). The minimum atomic E-state index is -0.415. The Kier molecular flexibility index (Phi) is 5.62. The van der Waals surface area contributed by atoms with E-state index in [4.69, 9.17) is 14.2 Å². The van der Waals surface area contributed by atoms with Crippen LogP contribution >= 0.6 is 0 Å². The smallest absolute Gasteiger partial charge is 0.238 e. The molecule has 2 aromatic rings. The van der Waals surface area contributed by atoms with Gasteiger partial charge in [0.15, 0.2) is 11.5 Å². The lowest BCUT2D eigenvalue weighted by atomic mass is 10.0. The summed E-state index contributed by atoms with van der Waals surface area (Å²) in [4.78, 5) is 14.7. The van der Waals surface area contributed by atoms with Gasteiger partial charge in [0.1, 0.15) is 5.75 Å². The summed E-state index contributed by atoms with van der Waals surface area (Å²) in [5, 5.41) is 2.98. The fourth-order valence-corrected chi connectivity index (χ4v) is 3.62. The number of hydrogen-bond acceptors (Lipinski definition) is 5. The van der Waals surface area contributed by atoms with Crippen molar-refractivity contribution in [1.29, 1.82) is 0 Å². The van der Waals surface area contributed by atoms with Crippen LogP contribution in [-0.2, 0) is 14.3 Å². The first-order valence-electron chi connectivity index (χ1n) is 9.76. The fourth-order valence-electron chi connectivity index (χ4n) is 3.62. The Labute approximate surface area is 165 Å². The van der Waals surface area contributed by atoms with E-state index in [2.05, 4.69) is 10.2 Å². The maximum atomic E-state index is 12.6. The average molecular weight is 382 g/mol. The van der Waals surface area contributed by atoms with Crippen molar-refractivity contribution in [2.24, 2.45) is 0 Å². The van der Waals surface area contributed by atoms with Crippen LogP contribution < -0.4 is 10.1 Å². The second kappa shape index (κ2) is 8.31. The van der Waals surface area contributed by atoms with Gasteiger partial charge in [-0.25, -0.2) is 0 Å². The number of carbonyl (C=O) groups is 1. The van der Waals surface area contributed by atoms with Crippen LogP contribution in [0, 0.1) is 6.92 Å². The largest absolute Gasteiger partial charge is 0.455 e. The minimum Gasteiger partial charge on any atom is -0.455 e. The predicted octanol–water partition coefficient (Wildman–Crippen LogP) is 3.56. The fraction of sp³-hybridized carbons (Fsp3) is 0.409. The van der Waals surface area contributed by atoms with Gasteiger partial charge in [-0.3, -0.25) is 9.69 Å². The van der Waals surface area contributed by atoms with Gasteiger partial charge < -0.3 is 19.5 Å². The van der Waals surface area contributed by atoms with Crippen LogP contribution in [0.25, 0.3) is 0 Å². The third-order valence-corrected chi connectivity index (χ3v) is 5.21. The molecule has 2 fully saturated rings. The van der Waals surface area contributed by atoms with Gasteiger partial charge in [-0.15, -0.1) is 0 Å². The molecule has 6 heteroatoms. The van der Waals surface area contributed by atoms with Crippen molar-refractivity contribution in [3.05, 3.63) is 54.1 Å². The second-order valence-electron chi connectivity index (χ2n) is 7.34. The van der Waals surface area contributed by atoms with Crippen molar-refractivity contribution in [1.82, 2.24) is 4.90 Å². The normalized spacial score (nSPS) is 18.9. The molecule has 0 radical (unpaired) electrons. The Morgan fingerprint density at radius 2 is 1.75 bits per heavy atom. The quantitative estimate of drug-likeness (QED) is 0.857. The third kappa shape index (κ3) is 4.52. The van der Waals surface area contributed by atoms with Crippen LogP contribution in [0.4, 0.5) is 5.69 Å². The lowest BCUT2D eigenvalue weighted by Crippen LogP contribution is -2.47. The number of para-hydroxylation sites is 2. The van der Waals surface area contributed by atoms with Crippen LogP contribution in [0.15, 0.2) is 48.5 Å². The Balaban J connectivity index is 1.34. The molecular weight excluding hydrogens is 356 g/mol. The highest BCUT2D eigenvalue weighted by Crippen LogP contribution is 2.32. The molecule has 0 aromatic heterocycles. The van der Waals surface area contributed by atoms with Crippen molar-refractivity contribution in [2.45, 2.75) is 25.6 Å². The number of anilines is 1. The highest BCUT2D eigenvalue weighted by atomic mass is 16.7. The van der Waals surface area contributed by atoms with E-state index >= 15 is 0 Å². The van der Waals surface area contributed by atoms with E-state index < -0.39 is 5.79 Å². The number of carbonyl (C=O) groups excluding carboxylic acids is 1. The van der Waals surface area contributed by atoms with E-state index in [1.807, 2.05) is 55.5 Å². The monoisotopic (exact) mass is 382 g/mol. The highest BCUT2D eigenvalue weighted by Gasteiger charge is 2.39. The van der Waals surface area contributed by atoms with E-state index in [-0.39, 0.29) is 5.91 Å². The van der Waals surface area contributed by atoms with Crippen LogP contribution in [0.5, 0.6) is 11.5 Å². The lowest BCUT2D eigenvalue weighted by Gasteiger charge is -2.37. The number of aryl methyl sites for hydroxylation is 1. The number of amides is 1. The van der Waals surface area contributed by atoms with Crippen molar-refractivity contribution >= 4 is 11.6 Å². The number of nitrogens with zero attached hydrogens (tertiary/aromatic N) is 1. The summed E-state index contributed by atoms with van der Waals surface area (Å²) in [7, 11) is 0. The molecule has 6 nitrogen and oxygen atoms in total. The second-order valence-corrected chi connectivity index (χ2v) is 7.34. The summed E-state index contributed by atoms with van der Waals surface area (Å²) in [6.45, 7) is 5.28. The van der Waals surface area contributed by atoms with Gasteiger partial charge in [-0.2, -0.15) is 0 Å². The molecule has 1 spiro atoms. The van der Waals surface area contributed by atoms with E-state index in [9.17, 15) is 4.79 Å². The number of rotatable bonds is 5. The summed E-state index contributed by atoms with van der Waals surface area (Å²) in [5.74, 6) is 0.904. The Hall–Kier alpha value is -2.41. The topological polar surface area (TPSA) is 60.0 Å². The maximum absolute atomic E-state index is 12.6. The molecule has 0 bridgehead atoms. The average Bonchev–Trinajstić information content (AvgIpc) is 3.15. The van der Waals surface area contributed by atoms with Crippen LogP contribution in [0.2, 0.25) is 0 Å². The van der Waals surface area contributed by atoms with Crippen molar-refractivity contribution in [3.63, 3.8) is 0 Å². The van der Waals surface area contributed by atoms with Gasteiger partial charge in [0.2, 0.25) is 5.91 Å². The zero-order valence-corrected chi connectivity index (χ0v) is 16.1. The molecule has 2 aliphatic heterocycles. The van der Waals surface area contributed by atoms with Gasteiger partial charge in [0, 0.05) is 25.9 Å². The molecule has 28 heavy (non-hydrogen) atoms. The number of hydrogen-bond donors (Lipinski definition) is 1. The van der Waals surface area contributed by atoms with Gasteiger partial charge in [-0.05, 0) is 31.2 Å². The van der Waals surface area contributed by atoms with E-state index in [0.29, 0.717) is 31.2 Å². The molecule has 148 valence electrons. The third-order valence-electron chi connectivity index (χ3n) is 5.21. The SMILES string of the molecule is Cc1ccc(Oc2ccccc2NC(=O)CN2CCC3(CC2)OCCO3)cc1. The zero-order valence-electron chi connectivity index (χ0n) is 16.1. The van der Waals surface area contributed by atoms with Gasteiger partial charge >= 0.3 is 0 Å². The molecule has 2 aliphatic rings. The molecule has 0 aliphatic carbocycles. The summed E-state index contributed by atoms with van der Waals surface area (Å²) in [6.07, 6.45) is 1.60. The minimum absolute atomic E-state index is 0.0517. The molecule has 2 aromatic carbocycles. The summed E-state index contributed by atoms with van der Waals surface area (Å²) in [6, 6.07) is 15.3. The first-order chi connectivity index (χ1) is 13.6. The molecule has 0 saturated carbocycles. The van der Waals surface area contributed by atoms with Crippen molar-refractivity contribution in [2.75, 3.05) is 38.2 Å². The zero-order chi connectivity index (χ0) is 19.4. The first kappa shape index (κ1) is 18.9. The van der Waals surface area contributed by atoms with Crippen LogP contribution in [-0.4, -0.2) is 49.4 Å². The molecule has 2 heterocycles. The standard InChI is InChI=1S/C22H26N2O4/c1-17-6-8-18(9-7-17)28-20-5-3-2-4-19(20)23-21(25)16-24-12-10-22(11-13-24)26-14-15-27-22/h2-9H,10-16H2,1H3,(H,23,25). The van der Waals surface area contributed by atoms with Gasteiger partial charge in [0.25, 0.3) is 0 Å². The summed E-state index contributed by atoms with van der Waals surface area (Å²) >= 11 is 0. The number of piperidine rings is 1. The molecule has 1 amide bonds. The molecule has 0 atom stereocenters. The van der Waals surface area contributed by atoms with Crippen LogP contribution in [0.3, 0.4) is 0 Å². The number of ether oxygens (including phenoxy) is 3. The Morgan fingerprint density at radius 1 is 1.07 bits per heavy atom. The Bertz CT molecular complexity index is 806. The summed E-state index contributed by atoms with van der Waals surface area (Å²) < 4.78 is 17.4. The van der Waals surface area contributed by atoms with E-state index in [1.165, 1.54) is 5.56 Å². The van der Waals surface area contributed by atoms with Crippen molar-refractivity contribution in [3.8, 4) is 11.5 Å². The van der Waals surface area contributed by atoms with Crippen LogP contribution in [0.1, 0.15) is 18.4 Å². The van der Waals surface area contributed by atoms with Crippen molar-refractivity contribution < 1.29 is 19.0 Å². The van der Waals surface area contributed by atoms with Gasteiger partial charge in [-0.1, -0.05) is 29.8 Å². The first-order valence-corrected chi connectivity index (χ1v) is 9.76.